The number of imidazole rings is 1. The normalized spacial score (nSPS) is 11.0. The van der Waals surface area contributed by atoms with Crippen LogP contribution < -0.4 is 5.32 Å². The van der Waals surface area contributed by atoms with E-state index in [0.717, 1.165) is 17.3 Å². The molecule has 2 rings (SSSR count). The van der Waals surface area contributed by atoms with Crippen LogP contribution in [0.25, 0.3) is 11.3 Å². The van der Waals surface area contributed by atoms with Crippen molar-refractivity contribution in [3.63, 3.8) is 0 Å². The molecule has 0 fully saturated rings. The van der Waals surface area contributed by atoms with Gasteiger partial charge in [0, 0.05) is 12.7 Å². The van der Waals surface area contributed by atoms with Crippen molar-refractivity contribution in [3.8, 4) is 11.3 Å². The number of aromatic nitrogens is 2. The Balaban J connectivity index is 2.21. The molecule has 0 saturated heterocycles. The van der Waals surface area contributed by atoms with Crippen LogP contribution in [0.4, 0.5) is 5.69 Å². The highest BCUT2D eigenvalue weighted by Gasteiger charge is 2.13. The largest absolute Gasteiger partial charge is 0.466 e. The van der Waals surface area contributed by atoms with Crippen LogP contribution in [0.3, 0.4) is 0 Å². The van der Waals surface area contributed by atoms with E-state index < -0.39 is 11.9 Å². The van der Waals surface area contributed by atoms with Crippen LogP contribution in [-0.2, 0) is 26.1 Å². The lowest BCUT2D eigenvalue weighted by atomic mass is 10.1. The number of carbonyl (C=O) groups excluding carboxylic acids is 2. The summed E-state index contributed by atoms with van der Waals surface area (Å²) in [5.41, 5.74) is 2.58. The van der Waals surface area contributed by atoms with Gasteiger partial charge in [0.2, 0.25) is 0 Å². The minimum Gasteiger partial charge on any atom is -0.466 e. The third-order valence-electron chi connectivity index (χ3n) is 3.15. The summed E-state index contributed by atoms with van der Waals surface area (Å²) in [5, 5.41) is 2.85. The Morgan fingerprint density at radius 1 is 1.17 bits per heavy atom. The maximum atomic E-state index is 11.7. The van der Waals surface area contributed by atoms with Gasteiger partial charge in [-0.15, -0.1) is 0 Å². The molecular formula is C16H17N3O4. The summed E-state index contributed by atoms with van der Waals surface area (Å²) < 4.78 is 11.1. The summed E-state index contributed by atoms with van der Waals surface area (Å²) >= 11 is 0. The second-order valence-electron chi connectivity index (χ2n) is 4.66. The van der Waals surface area contributed by atoms with Crippen LogP contribution in [0.2, 0.25) is 0 Å². The third kappa shape index (κ3) is 3.97. The van der Waals surface area contributed by atoms with Crippen LogP contribution >= 0.6 is 0 Å². The number of nitrogens with zero attached hydrogens (tertiary/aromatic N) is 2. The molecule has 1 heterocycles. The second-order valence-corrected chi connectivity index (χ2v) is 4.66. The Kier molecular flexibility index (Phi) is 5.14. The van der Waals surface area contributed by atoms with Gasteiger partial charge >= 0.3 is 11.9 Å². The zero-order valence-electron chi connectivity index (χ0n) is 13.1. The second kappa shape index (κ2) is 7.26. The number of nitrogens with one attached hydrogen (secondary N) is 1. The molecular weight excluding hydrogens is 298 g/mol. The van der Waals surface area contributed by atoms with Crippen LogP contribution in [0.5, 0.6) is 0 Å². The Morgan fingerprint density at radius 2 is 1.87 bits per heavy atom. The highest BCUT2D eigenvalue weighted by Crippen LogP contribution is 2.21. The van der Waals surface area contributed by atoms with Gasteiger partial charge in [-0.3, -0.25) is 0 Å². The maximum Gasteiger partial charge on any atom is 0.354 e. The zero-order chi connectivity index (χ0) is 16.8. The van der Waals surface area contributed by atoms with Gasteiger partial charge in [-0.1, -0.05) is 12.1 Å². The highest BCUT2D eigenvalue weighted by molar-refractivity contribution is 5.98. The van der Waals surface area contributed by atoms with E-state index in [-0.39, 0.29) is 5.70 Å². The molecule has 23 heavy (non-hydrogen) atoms. The molecule has 1 N–H and O–H groups in total. The van der Waals surface area contributed by atoms with E-state index in [1.807, 2.05) is 23.7 Å². The summed E-state index contributed by atoms with van der Waals surface area (Å²) in [5.74, 6) is -1.31. The molecule has 7 heteroatoms. The average Bonchev–Trinajstić information content (AvgIpc) is 3.00. The molecule has 0 atom stereocenters. The lowest BCUT2D eigenvalue weighted by Crippen LogP contribution is -2.15. The van der Waals surface area contributed by atoms with Crippen molar-refractivity contribution in [3.05, 3.63) is 48.6 Å². The smallest absolute Gasteiger partial charge is 0.354 e. The van der Waals surface area contributed by atoms with Gasteiger partial charge in [0.05, 0.1) is 38.5 Å². The van der Waals surface area contributed by atoms with Gasteiger partial charge in [0.1, 0.15) is 5.70 Å². The molecule has 0 amide bonds. The summed E-state index contributed by atoms with van der Waals surface area (Å²) in [6.07, 6.45) is 4.52. The number of aryl methyl sites for hydroxylation is 1. The monoisotopic (exact) mass is 315 g/mol. The Bertz CT molecular complexity index is 732. The molecule has 120 valence electrons. The number of esters is 2. The first-order valence-electron chi connectivity index (χ1n) is 6.77. The quantitative estimate of drug-likeness (QED) is 0.668. The lowest BCUT2D eigenvalue weighted by molar-refractivity contribution is -0.138. The van der Waals surface area contributed by atoms with E-state index >= 15 is 0 Å². The fourth-order valence-electron chi connectivity index (χ4n) is 1.95. The van der Waals surface area contributed by atoms with E-state index in [1.165, 1.54) is 14.2 Å². The van der Waals surface area contributed by atoms with Gasteiger partial charge < -0.3 is 19.4 Å². The van der Waals surface area contributed by atoms with Crippen molar-refractivity contribution in [1.29, 1.82) is 0 Å². The summed E-state index contributed by atoms with van der Waals surface area (Å²) in [7, 11) is 4.38. The van der Waals surface area contributed by atoms with E-state index in [4.69, 9.17) is 0 Å². The first-order chi connectivity index (χ1) is 11.0. The van der Waals surface area contributed by atoms with Crippen LogP contribution in [-0.4, -0.2) is 35.7 Å². The molecule has 0 spiro atoms. The van der Waals surface area contributed by atoms with Gasteiger partial charge in [-0.25, -0.2) is 14.6 Å². The topological polar surface area (TPSA) is 82.5 Å². The Hall–Kier alpha value is -3.09. The molecule has 0 saturated carbocycles. The van der Waals surface area contributed by atoms with E-state index in [1.54, 1.807) is 24.7 Å². The minimum atomic E-state index is -0.661. The van der Waals surface area contributed by atoms with E-state index in [0.29, 0.717) is 5.69 Å². The summed E-state index contributed by atoms with van der Waals surface area (Å²) in [6.45, 7) is 0. The molecule has 1 aromatic carbocycles. The Labute approximate surface area is 133 Å². The van der Waals surface area contributed by atoms with Crippen molar-refractivity contribution in [1.82, 2.24) is 9.55 Å². The SMILES string of the molecule is COC(=O)/C=C(/Nc1ccc(-c2cncn2C)cc1)C(=O)OC. The Morgan fingerprint density at radius 3 is 2.39 bits per heavy atom. The van der Waals surface area contributed by atoms with Crippen LogP contribution in [0, 0.1) is 0 Å². The number of carbonyl (C=O) groups is 2. The molecule has 7 nitrogen and oxygen atoms in total. The molecule has 0 bridgehead atoms. The molecule has 2 aromatic rings. The van der Waals surface area contributed by atoms with Crippen molar-refractivity contribution >= 4 is 17.6 Å². The lowest BCUT2D eigenvalue weighted by Gasteiger charge is -2.10. The van der Waals surface area contributed by atoms with Gasteiger partial charge in [0.15, 0.2) is 0 Å². The number of hydrogen-bond acceptors (Lipinski definition) is 6. The minimum absolute atomic E-state index is 0.00682. The maximum absolute atomic E-state index is 11.7. The molecule has 0 aliphatic heterocycles. The van der Waals surface area contributed by atoms with Crippen LogP contribution in [0.15, 0.2) is 48.6 Å². The van der Waals surface area contributed by atoms with Gasteiger partial charge in [-0.05, 0) is 17.7 Å². The predicted octanol–water partition coefficient (Wildman–Crippen LogP) is 1.73. The summed E-state index contributed by atoms with van der Waals surface area (Å²) in [4.78, 5) is 27.1. The summed E-state index contributed by atoms with van der Waals surface area (Å²) in [6, 6.07) is 7.34. The van der Waals surface area contributed by atoms with Gasteiger partial charge in [-0.2, -0.15) is 0 Å². The number of hydrogen-bond donors (Lipinski definition) is 1. The number of methoxy groups -OCH3 is 2. The first-order valence-corrected chi connectivity index (χ1v) is 6.77. The van der Waals surface area contributed by atoms with Crippen molar-refractivity contribution in [2.45, 2.75) is 0 Å². The zero-order valence-corrected chi connectivity index (χ0v) is 13.1. The average molecular weight is 315 g/mol. The number of ether oxygens (including phenoxy) is 2. The highest BCUT2D eigenvalue weighted by atomic mass is 16.5. The number of rotatable bonds is 5. The van der Waals surface area contributed by atoms with E-state index in [9.17, 15) is 9.59 Å². The van der Waals surface area contributed by atoms with Crippen molar-refractivity contribution < 1.29 is 19.1 Å². The molecule has 0 unspecified atom stereocenters. The number of benzene rings is 1. The fraction of sp³-hybridized carbons (Fsp3) is 0.188. The standard InChI is InChI=1S/C16H17N3O4/c1-19-10-17-9-14(19)11-4-6-12(7-5-11)18-13(16(21)23-3)8-15(20)22-2/h4-10,18H,1-3H3/b13-8+. The molecule has 1 aromatic heterocycles. The molecule has 0 radical (unpaired) electrons. The van der Waals surface area contributed by atoms with Gasteiger partial charge in [0.25, 0.3) is 0 Å². The third-order valence-corrected chi connectivity index (χ3v) is 3.15. The predicted molar refractivity (Wildman–Crippen MR) is 84.4 cm³/mol. The van der Waals surface area contributed by atoms with Crippen molar-refractivity contribution in [2.24, 2.45) is 7.05 Å². The molecule has 0 aliphatic carbocycles. The first kappa shape index (κ1) is 16.3. The fourth-order valence-corrected chi connectivity index (χ4v) is 1.95. The number of anilines is 1. The molecule has 0 aliphatic rings. The van der Waals surface area contributed by atoms with E-state index in [2.05, 4.69) is 19.8 Å². The van der Waals surface area contributed by atoms with Crippen LogP contribution in [0.1, 0.15) is 0 Å². The van der Waals surface area contributed by atoms with Crippen molar-refractivity contribution in [2.75, 3.05) is 19.5 Å².